The van der Waals surface area contributed by atoms with Gasteiger partial charge in [0.15, 0.2) is 0 Å². The van der Waals surface area contributed by atoms with Crippen molar-refractivity contribution >= 4 is 29.0 Å². The third kappa shape index (κ3) is 3.02. The van der Waals surface area contributed by atoms with Gasteiger partial charge in [0.25, 0.3) is 0 Å². The predicted octanol–water partition coefficient (Wildman–Crippen LogP) is 3.52. The second-order valence-corrected chi connectivity index (χ2v) is 3.63. The molecular formula is C10H10Cl2O. The monoisotopic (exact) mass is 216 g/mol. The third-order valence-corrected chi connectivity index (χ3v) is 2.52. The van der Waals surface area contributed by atoms with Crippen LogP contribution in [0.5, 0.6) is 0 Å². The zero-order valence-corrected chi connectivity index (χ0v) is 8.82. The minimum absolute atomic E-state index is 0.207. The highest BCUT2D eigenvalue weighted by Gasteiger charge is 2.03. The first kappa shape index (κ1) is 10.6. The summed E-state index contributed by atoms with van der Waals surface area (Å²) < 4.78 is 0. The summed E-state index contributed by atoms with van der Waals surface area (Å²) >= 11 is 11.5. The van der Waals surface area contributed by atoms with Gasteiger partial charge in [-0.15, -0.1) is 0 Å². The Morgan fingerprint density at radius 1 is 1.31 bits per heavy atom. The Morgan fingerprint density at radius 3 is 2.54 bits per heavy atom. The first-order valence-electron chi connectivity index (χ1n) is 4.09. The molecule has 1 aromatic rings. The van der Waals surface area contributed by atoms with Crippen LogP contribution in [0.1, 0.15) is 18.9 Å². The van der Waals surface area contributed by atoms with Gasteiger partial charge in [-0.3, -0.25) is 4.79 Å². The average Bonchev–Trinajstić information content (AvgIpc) is 2.11. The molecule has 0 unspecified atom stereocenters. The number of hydrogen-bond donors (Lipinski definition) is 0. The number of carbonyl (C=O) groups is 1. The number of rotatable bonds is 3. The molecule has 0 heterocycles. The summed E-state index contributed by atoms with van der Waals surface area (Å²) in [5.74, 6) is 0.207. The van der Waals surface area contributed by atoms with Crippen LogP contribution in [0.15, 0.2) is 18.2 Å². The predicted molar refractivity (Wildman–Crippen MR) is 55.5 cm³/mol. The van der Waals surface area contributed by atoms with E-state index >= 15 is 0 Å². The molecule has 1 rings (SSSR count). The number of Topliss-reactive ketones (excluding diaryl/α,β-unsaturated/α-hetero) is 1. The SMILES string of the molecule is CCC(=O)Cc1ccc(Cl)c(Cl)c1. The lowest BCUT2D eigenvalue weighted by Crippen LogP contribution is -1.99. The van der Waals surface area contributed by atoms with E-state index in [2.05, 4.69) is 0 Å². The number of halogens is 2. The third-order valence-electron chi connectivity index (χ3n) is 1.78. The zero-order valence-electron chi connectivity index (χ0n) is 7.31. The van der Waals surface area contributed by atoms with Crippen molar-refractivity contribution in [2.75, 3.05) is 0 Å². The van der Waals surface area contributed by atoms with Crippen LogP contribution in [0, 0.1) is 0 Å². The Kier molecular flexibility index (Phi) is 3.76. The molecule has 0 saturated carbocycles. The maximum absolute atomic E-state index is 11.1. The molecule has 0 radical (unpaired) electrons. The first-order chi connectivity index (χ1) is 6.13. The average molecular weight is 217 g/mol. The molecule has 3 heteroatoms. The second-order valence-electron chi connectivity index (χ2n) is 2.82. The fourth-order valence-corrected chi connectivity index (χ4v) is 1.32. The largest absolute Gasteiger partial charge is 0.299 e. The summed E-state index contributed by atoms with van der Waals surface area (Å²) in [6.45, 7) is 1.85. The minimum atomic E-state index is 0.207. The van der Waals surface area contributed by atoms with Gasteiger partial charge in [0.1, 0.15) is 5.78 Å². The van der Waals surface area contributed by atoms with E-state index in [1.54, 1.807) is 12.1 Å². The van der Waals surface area contributed by atoms with Gasteiger partial charge in [-0.25, -0.2) is 0 Å². The first-order valence-corrected chi connectivity index (χ1v) is 4.84. The van der Waals surface area contributed by atoms with Crippen molar-refractivity contribution in [1.82, 2.24) is 0 Å². The number of hydrogen-bond acceptors (Lipinski definition) is 1. The summed E-state index contributed by atoms with van der Waals surface area (Å²) in [4.78, 5) is 11.1. The summed E-state index contributed by atoms with van der Waals surface area (Å²) in [6, 6.07) is 5.27. The van der Waals surface area contributed by atoms with Crippen molar-refractivity contribution in [1.29, 1.82) is 0 Å². The second kappa shape index (κ2) is 4.64. The van der Waals surface area contributed by atoms with Crippen molar-refractivity contribution in [3.05, 3.63) is 33.8 Å². The van der Waals surface area contributed by atoms with Crippen LogP contribution in [-0.4, -0.2) is 5.78 Å². The number of benzene rings is 1. The van der Waals surface area contributed by atoms with E-state index in [0.29, 0.717) is 22.9 Å². The fourth-order valence-electron chi connectivity index (χ4n) is 1.00. The Morgan fingerprint density at radius 2 is 2.00 bits per heavy atom. The lowest BCUT2D eigenvalue weighted by molar-refractivity contribution is -0.118. The van der Waals surface area contributed by atoms with E-state index in [4.69, 9.17) is 23.2 Å². The quantitative estimate of drug-likeness (QED) is 0.756. The summed E-state index contributed by atoms with van der Waals surface area (Å²) in [7, 11) is 0. The maximum Gasteiger partial charge on any atom is 0.136 e. The molecule has 0 amide bonds. The summed E-state index contributed by atoms with van der Waals surface area (Å²) in [6.07, 6.45) is 0.994. The van der Waals surface area contributed by atoms with E-state index in [-0.39, 0.29) is 5.78 Å². The van der Waals surface area contributed by atoms with Crippen LogP contribution in [0.2, 0.25) is 10.0 Å². The minimum Gasteiger partial charge on any atom is -0.299 e. The molecular weight excluding hydrogens is 207 g/mol. The smallest absolute Gasteiger partial charge is 0.136 e. The van der Waals surface area contributed by atoms with Gasteiger partial charge >= 0.3 is 0 Å². The summed E-state index contributed by atoms with van der Waals surface area (Å²) in [5, 5.41) is 1.03. The van der Waals surface area contributed by atoms with Crippen molar-refractivity contribution < 1.29 is 4.79 Å². The molecule has 0 atom stereocenters. The van der Waals surface area contributed by atoms with Gasteiger partial charge in [0.05, 0.1) is 10.0 Å². The Labute approximate surface area is 87.7 Å². The molecule has 0 bridgehead atoms. The highest BCUT2D eigenvalue weighted by atomic mass is 35.5. The molecule has 0 aliphatic heterocycles. The van der Waals surface area contributed by atoms with Gasteiger partial charge in [0, 0.05) is 12.8 Å². The zero-order chi connectivity index (χ0) is 9.84. The van der Waals surface area contributed by atoms with E-state index in [9.17, 15) is 4.79 Å². The number of ketones is 1. The highest BCUT2D eigenvalue weighted by Crippen LogP contribution is 2.22. The van der Waals surface area contributed by atoms with Gasteiger partial charge in [-0.1, -0.05) is 36.2 Å². The van der Waals surface area contributed by atoms with Gasteiger partial charge in [-0.2, -0.15) is 0 Å². The lowest BCUT2D eigenvalue weighted by atomic mass is 10.1. The Bertz CT molecular complexity index is 321. The van der Waals surface area contributed by atoms with Crippen LogP contribution in [0.3, 0.4) is 0 Å². The fraction of sp³-hybridized carbons (Fsp3) is 0.300. The molecule has 0 spiro atoms. The molecule has 0 aliphatic carbocycles. The van der Waals surface area contributed by atoms with Gasteiger partial charge in [0.2, 0.25) is 0 Å². The standard InChI is InChI=1S/C10H10Cl2O/c1-2-8(13)5-7-3-4-9(11)10(12)6-7/h3-4,6H,2,5H2,1H3. The summed E-state index contributed by atoms with van der Waals surface area (Å²) in [5.41, 5.74) is 0.918. The Hall–Kier alpha value is -0.530. The molecule has 1 nitrogen and oxygen atoms in total. The van der Waals surface area contributed by atoms with E-state index < -0.39 is 0 Å². The molecule has 13 heavy (non-hydrogen) atoms. The van der Waals surface area contributed by atoms with Crippen LogP contribution < -0.4 is 0 Å². The molecule has 0 fully saturated rings. The van der Waals surface area contributed by atoms with Gasteiger partial charge < -0.3 is 0 Å². The maximum atomic E-state index is 11.1. The molecule has 0 aromatic heterocycles. The highest BCUT2D eigenvalue weighted by molar-refractivity contribution is 6.42. The van der Waals surface area contributed by atoms with Crippen molar-refractivity contribution in [3.8, 4) is 0 Å². The molecule has 0 N–H and O–H groups in total. The normalized spacial score (nSPS) is 10.1. The molecule has 70 valence electrons. The van der Waals surface area contributed by atoms with Crippen LogP contribution in [0.4, 0.5) is 0 Å². The van der Waals surface area contributed by atoms with Crippen molar-refractivity contribution in [2.45, 2.75) is 19.8 Å². The van der Waals surface area contributed by atoms with Crippen LogP contribution in [-0.2, 0) is 11.2 Å². The Balaban J connectivity index is 2.79. The lowest BCUT2D eigenvalue weighted by Gasteiger charge is -2.00. The van der Waals surface area contributed by atoms with E-state index in [1.807, 2.05) is 13.0 Å². The van der Waals surface area contributed by atoms with E-state index in [1.165, 1.54) is 0 Å². The van der Waals surface area contributed by atoms with E-state index in [0.717, 1.165) is 5.56 Å². The molecule has 0 saturated heterocycles. The molecule has 0 aliphatic rings. The van der Waals surface area contributed by atoms with Crippen molar-refractivity contribution in [3.63, 3.8) is 0 Å². The van der Waals surface area contributed by atoms with Crippen LogP contribution >= 0.6 is 23.2 Å². The van der Waals surface area contributed by atoms with Crippen LogP contribution in [0.25, 0.3) is 0 Å². The molecule has 1 aromatic carbocycles. The van der Waals surface area contributed by atoms with Crippen molar-refractivity contribution in [2.24, 2.45) is 0 Å². The van der Waals surface area contributed by atoms with Gasteiger partial charge in [-0.05, 0) is 17.7 Å². The topological polar surface area (TPSA) is 17.1 Å². The number of carbonyl (C=O) groups excluding carboxylic acids is 1.